The van der Waals surface area contributed by atoms with Gasteiger partial charge in [0.15, 0.2) is 5.78 Å². The molecule has 0 amide bonds. The molecule has 3 heteroatoms. The second-order valence-electron chi connectivity index (χ2n) is 2.61. The maximum Gasteiger partial charge on any atom is 0.186 e. The van der Waals surface area contributed by atoms with E-state index >= 15 is 0 Å². The topological polar surface area (TPSA) is 57.5 Å². The summed E-state index contributed by atoms with van der Waals surface area (Å²) in [5, 5.41) is 17.9. The normalized spacial score (nSPS) is 33.9. The minimum absolute atomic E-state index is 0.392. The van der Waals surface area contributed by atoms with Crippen molar-refractivity contribution in [3.63, 3.8) is 0 Å². The molecule has 0 heterocycles. The molecule has 0 spiro atoms. The van der Waals surface area contributed by atoms with Crippen molar-refractivity contribution < 1.29 is 15.0 Å². The molecule has 2 unspecified atom stereocenters. The van der Waals surface area contributed by atoms with Crippen LogP contribution in [0.2, 0.25) is 0 Å². The van der Waals surface area contributed by atoms with Crippen LogP contribution in [0.3, 0.4) is 0 Å². The Hall–Kier alpha value is -0.670. The van der Waals surface area contributed by atoms with Crippen molar-refractivity contribution in [3.05, 3.63) is 11.6 Å². The number of aliphatic hydroxyl groups is 2. The summed E-state index contributed by atoms with van der Waals surface area (Å²) < 4.78 is 0. The van der Waals surface area contributed by atoms with Crippen LogP contribution in [0.25, 0.3) is 0 Å². The smallest absolute Gasteiger partial charge is 0.186 e. The standard InChI is InChI=1S/C7H10O3/c1-4-2-5(8)7(10)6(9)3-4/h2,6-7,9-10H,3H2,1H3. The van der Waals surface area contributed by atoms with Gasteiger partial charge >= 0.3 is 0 Å². The first-order chi connectivity index (χ1) is 4.61. The van der Waals surface area contributed by atoms with Crippen LogP contribution in [0.15, 0.2) is 11.6 Å². The third-order valence-corrected chi connectivity index (χ3v) is 1.58. The highest BCUT2D eigenvalue weighted by Crippen LogP contribution is 2.15. The largest absolute Gasteiger partial charge is 0.390 e. The van der Waals surface area contributed by atoms with Gasteiger partial charge in [0.25, 0.3) is 0 Å². The van der Waals surface area contributed by atoms with E-state index in [1.165, 1.54) is 6.08 Å². The SMILES string of the molecule is CC1=CC(=O)C(O)C(O)C1. The van der Waals surface area contributed by atoms with Gasteiger partial charge in [-0.1, -0.05) is 5.57 Å². The van der Waals surface area contributed by atoms with Crippen molar-refractivity contribution in [2.24, 2.45) is 0 Å². The number of carbonyl (C=O) groups excluding carboxylic acids is 1. The fraction of sp³-hybridized carbons (Fsp3) is 0.571. The number of ketones is 1. The Morgan fingerprint density at radius 1 is 1.60 bits per heavy atom. The van der Waals surface area contributed by atoms with Gasteiger partial charge in [0.05, 0.1) is 6.10 Å². The Morgan fingerprint density at radius 2 is 2.20 bits per heavy atom. The summed E-state index contributed by atoms with van der Waals surface area (Å²) in [6.45, 7) is 1.76. The highest BCUT2D eigenvalue weighted by atomic mass is 16.3. The molecule has 56 valence electrons. The zero-order valence-electron chi connectivity index (χ0n) is 5.74. The highest BCUT2D eigenvalue weighted by Gasteiger charge is 2.26. The molecule has 0 saturated carbocycles. The van der Waals surface area contributed by atoms with Crippen LogP contribution < -0.4 is 0 Å². The summed E-state index contributed by atoms with van der Waals surface area (Å²) in [5.74, 6) is -0.392. The molecule has 3 nitrogen and oxygen atoms in total. The van der Waals surface area contributed by atoms with Gasteiger partial charge in [0.2, 0.25) is 0 Å². The summed E-state index contributed by atoms with van der Waals surface area (Å²) in [7, 11) is 0. The fourth-order valence-electron chi connectivity index (χ4n) is 1.02. The van der Waals surface area contributed by atoms with Crippen molar-refractivity contribution in [3.8, 4) is 0 Å². The van der Waals surface area contributed by atoms with Crippen molar-refractivity contribution in [1.82, 2.24) is 0 Å². The predicted molar refractivity (Wildman–Crippen MR) is 35.4 cm³/mol. The van der Waals surface area contributed by atoms with Crippen molar-refractivity contribution in [2.45, 2.75) is 25.6 Å². The first-order valence-corrected chi connectivity index (χ1v) is 3.18. The molecule has 0 aliphatic heterocycles. The Balaban J connectivity index is 2.79. The quantitative estimate of drug-likeness (QED) is 0.485. The van der Waals surface area contributed by atoms with Crippen LogP contribution in [-0.2, 0) is 4.79 Å². The third kappa shape index (κ3) is 1.25. The van der Waals surface area contributed by atoms with Crippen LogP contribution in [0.5, 0.6) is 0 Å². The molecule has 1 rings (SSSR count). The number of carbonyl (C=O) groups is 1. The van der Waals surface area contributed by atoms with Gasteiger partial charge in [0.1, 0.15) is 6.10 Å². The molecule has 0 fully saturated rings. The number of hydrogen-bond acceptors (Lipinski definition) is 3. The zero-order chi connectivity index (χ0) is 7.72. The van der Waals surface area contributed by atoms with Gasteiger partial charge in [0, 0.05) is 0 Å². The van der Waals surface area contributed by atoms with Crippen LogP contribution in [0.4, 0.5) is 0 Å². The van der Waals surface area contributed by atoms with E-state index in [-0.39, 0.29) is 0 Å². The molecule has 0 saturated heterocycles. The van der Waals surface area contributed by atoms with E-state index in [0.29, 0.717) is 6.42 Å². The molecule has 0 aromatic carbocycles. The molecule has 1 aliphatic rings. The number of rotatable bonds is 0. The Labute approximate surface area is 59.0 Å². The van der Waals surface area contributed by atoms with Gasteiger partial charge < -0.3 is 10.2 Å². The molecular formula is C7H10O3. The van der Waals surface area contributed by atoms with Crippen LogP contribution in [0.1, 0.15) is 13.3 Å². The van der Waals surface area contributed by atoms with E-state index in [0.717, 1.165) is 5.57 Å². The van der Waals surface area contributed by atoms with Crippen molar-refractivity contribution in [2.75, 3.05) is 0 Å². The highest BCUT2D eigenvalue weighted by molar-refractivity contribution is 5.95. The summed E-state index contributed by atoms with van der Waals surface area (Å²) in [6.07, 6.45) is -0.342. The van der Waals surface area contributed by atoms with Crippen molar-refractivity contribution in [1.29, 1.82) is 0 Å². The summed E-state index contributed by atoms with van der Waals surface area (Å²) in [6, 6.07) is 0. The molecule has 0 aromatic heterocycles. The van der Waals surface area contributed by atoms with Gasteiger partial charge in [-0.3, -0.25) is 4.79 Å². The molecule has 2 atom stereocenters. The first kappa shape index (κ1) is 7.44. The number of aliphatic hydroxyl groups excluding tert-OH is 2. The van der Waals surface area contributed by atoms with E-state index in [2.05, 4.69) is 0 Å². The molecule has 0 bridgehead atoms. The molecule has 1 aliphatic carbocycles. The lowest BCUT2D eigenvalue weighted by Gasteiger charge is -2.20. The average Bonchev–Trinajstić information content (AvgIpc) is 1.82. The van der Waals surface area contributed by atoms with Gasteiger partial charge in [-0.2, -0.15) is 0 Å². The van der Waals surface area contributed by atoms with E-state index in [9.17, 15) is 4.79 Å². The maximum absolute atomic E-state index is 10.7. The van der Waals surface area contributed by atoms with E-state index in [1.54, 1.807) is 6.92 Å². The van der Waals surface area contributed by atoms with Crippen LogP contribution >= 0.6 is 0 Å². The van der Waals surface area contributed by atoms with Crippen LogP contribution in [0, 0.1) is 0 Å². The average molecular weight is 142 g/mol. The first-order valence-electron chi connectivity index (χ1n) is 3.18. The molecule has 10 heavy (non-hydrogen) atoms. The molecule has 0 radical (unpaired) electrons. The summed E-state index contributed by atoms with van der Waals surface area (Å²) >= 11 is 0. The Bertz CT molecular complexity index is 183. The van der Waals surface area contributed by atoms with Crippen molar-refractivity contribution >= 4 is 5.78 Å². The third-order valence-electron chi connectivity index (χ3n) is 1.58. The summed E-state index contributed by atoms with van der Waals surface area (Å²) in [4.78, 5) is 10.7. The van der Waals surface area contributed by atoms with Gasteiger partial charge in [-0.25, -0.2) is 0 Å². The fourth-order valence-corrected chi connectivity index (χ4v) is 1.02. The van der Waals surface area contributed by atoms with E-state index in [4.69, 9.17) is 10.2 Å². The Kier molecular flexibility index (Phi) is 1.87. The molecular weight excluding hydrogens is 132 g/mol. The lowest BCUT2D eigenvalue weighted by atomic mass is 9.95. The van der Waals surface area contributed by atoms with E-state index in [1.807, 2.05) is 0 Å². The number of hydrogen-bond donors (Lipinski definition) is 2. The van der Waals surface area contributed by atoms with Crippen LogP contribution in [-0.4, -0.2) is 28.2 Å². The predicted octanol–water partition coefficient (Wildman–Crippen LogP) is -0.373. The van der Waals surface area contributed by atoms with E-state index < -0.39 is 18.0 Å². The minimum Gasteiger partial charge on any atom is -0.390 e. The second-order valence-corrected chi connectivity index (χ2v) is 2.61. The summed E-state index contributed by atoms with van der Waals surface area (Å²) in [5.41, 5.74) is 0.822. The molecule has 2 N–H and O–H groups in total. The van der Waals surface area contributed by atoms with Gasteiger partial charge in [-0.15, -0.1) is 0 Å². The Morgan fingerprint density at radius 3 is 2.70 bits per heavy atom. The maximum atomic E-state index is 10.7. The lowest BCUT2D eigenvalue weighted by Crippen LogP contribution is -2.36. The molecule has 0 aromatic rings. The zero-order valence-corrected chi connectivity index (χ0v) is 5.74. The second kappa shape index (κ2) is 2.52. The lowest BCUT2D eigenvalue weighted by molar-refractivity contribution is -0.128. The monoisotopic (exact) mass is 142 g/mol. The minimum atomic E-state index is -1.20. The van der Waals surface area contributed by atoms with Gasteiger partial charge in [-0.05, 0) is 19.4 Å².